The maximum Gasteiger partial charge on any atom is 0.297 e. The van der Waals surface area contributed by atoms with E-state index in [2.05, 4.69) is 30.6 Å². The first-order valence-corrected chi connectivity index (χ1v) is 9.60. The number of aromatic nitrogens is 4. The van der Waals surface area contributed by atoms with Gasteiger partial charge in [0.2, 0.25) is 0 Å². The van der Waals surface area contributed by atoms with Gasteiger partial charge in [-0.1, -0.05) is 24.3 Å². The monoisotopic (exact) mass is 430 g/mol. The summed E-state index contributed by atoms with van der Waals surface area (Å²) in [5, 5.41) is 7.40. The highest BCUT2D eigenvalue weighted by Gasteiger charge is 2.16. The second-order valence-corrected chi connectivity index (χ2v) is 6.70. The average Bonchev–Trinajstić information content (AvgIpc) is 2.78. The van der Waals surface area contributed by atoms with E-state index in [1.54, 1.807) is 48.5 Å². The van der Waals surface area contributed by atoms with E-state index in [4.69, 9.17) is 0 Å². The zero-order chi connectivity index (χ0) is 21.8. The molecule has 0 unspecified atom stereocenters. The van der Waals surface area contributed by atoms with Gasteiger partial charge in [0.25, 0.3) is 12.9 Å². The molecule has 160 valence electrons. The minimum absolute atomic E-state index is 0.327. The topological polar surface area (TPSA) is 75.6 Å². The Morgan fingerprint density at radius 2 is 1.03 bits per heavy atom. The van der Waals surface area contributed by atoms with Gasteiger partial charge in [-0.05, 0) is 30.7 Å². The van der Waals surface area contributed by atoms with E-state index in [0.29, 0.717) is 53.0 Å². The quantitative estimate of drug-likeness (QED) is 0.289. The summed E-state index contributed by atoms with van der Waals surface area (Å²) in [4.78, 5) is 15.6. The molecule has 0 aliphatic carbocycles. The van der Waals surface area contributed by atoms with Crippen molar-refractivity contribution in [2.24, 2.45) is 0 Å². The molecule has 2 aromatic heterocycles. The van der Waals surface area contributed by atoms with E-state index in [-0.39, 0.29) is 0 Å². The number of rotatable bonds is 8. The van der Waals surface area contributed by atoms with Gasteiger partial charge >= 0.3 is 0 Å². The second-order valence-electron chi connectivity index (χ2n) is 6.70. The number of hydrogen-bond donors (Lipinski definition) is 2. The molecule has 0 bridgehead atoms. The molecule has 0 atom stereocenters. The summed E-state index contributed by atoms with van der Waals surface area (Å²) in [6, 6.07) is 13.8. The third-order valence-electron chi connectivity index (χ3n) is 4.57. The molecule has 0 fully saturated rings. The van der Waals surface area contributed by atoms with Crippen molar-refractivity contribution in [3.05, 3.63) is 60.2 Å². The smallest absolute Gasteiger partial charge is 0.297 e. The van der Waals surface area contributed by atoms with E-state index in [1.807, 2.05) is 0 Å². The lowest BCUT2D eigenvalue weighted by Crippen LogP contribution is -2.13. The van der Waals surface area contributed by atoms with E-state index in [1.165, 1.54) is 0 Å². The van der Waals surface area contributed by atoms with Gasteiger partial charge < -0.3 is 10.6 Å². The fourth-order valence-electron chi connectivity index (χ4n) is 3.16. The van der Waals surface area contributed by atoms with Crippen molar-refractivity contribution in [1.82, 2.24) is 19.9 Å². The summed E-state index contributed by atoms with van der Waals surface area (Å²) < 4.78 is 52.4. The Labute approximate surface area is 174 Å². The first-order valence-electron chi connectivity index (χ1n) is 9.60. The van der Waals surface area contributed by atoms with Gasteiger partial charge in [-0.15, -0.1) is 0 Å². The van der Waals surface area contributed by atoms with Crippen molar-refractivity contribution >= 4 is 33.4 Å². The third kappa shape index (κ3) is 4.62. The van der Waals surface area contributed by atoms with Crippen molar-refractivity contribution < 1.29 is 17.6 Å². The van der Waals surface area contributed by atoms with Crippen molar-refractivity contribution in [3.63, 3.8) is 0 Å². The largest absolute Gasteiger partial charge is 0.369 e. The first kappa shape index (κ1) is 20.7. The van der Waals surface area contributed by atoms with Crippen LogP contribution in [0.1, 0.15) is 30.9 Å². The Morgan fingerprint density at radius 1 is 0.613 bits per heavy atom. The summed E-state index contributed by atoms with van der Waals surface area (Å²) in [7, 11) is 0. The van der Waals surface area contributed by atoms with Crippen LogP contribution in [0.5, 0.6) is 0 Å². The van der Waals surface area contributed by atoms with Gasteiger partial charge in [-0.25, -0.2) is 37.5 Å². The van der Waals surface area contributed by atoms with Crippen LogP contribution in [0, 0.1) is 0 Å². The van der Waals surface area contributed by atoms with Crippen molar-refractivity contribution in [2.45, 2.75) is 19.3 Å². The van der Waals surface area contributed by atoms with Crippen molar-refractivity contribution in [1.29, 1.82) is 0 Å². The Kier molecular flexibility index (Phi) is 6.06. The second kappa shape index (κ2) is 9.07. The molecular formula is C21H18F4N6. The molecule has 4 rings (SSSR count). The molecular weight excluding hydrogens is 412 g/mol. The lowest BCUT2D eigenvalue weighted by molar-refractivity contribution is 0.140. The molecule has 0 aliphatic rings. The van der Waals surface area contributed by atoms with Gasteiger partial charge in [-0.3, -0.25) is 0 Å². The minimum Gasteiger partial charge on any atom is -0.369 e. The Morgan fingerprint density at radius 3 is 1.45 bits per heavy atom. The van der Waals surface area contributed by atoms with Crippen LogP contribution in [0.4, 0.5) is 29.2 Å². The third-order valence-corrected chi connectivity index (χ3v) is 4.57. The number of anilines is 2. The molecule has 2 N–H and O–H groups in total. The molecule has 6 nitrogen and oxygen atoms in total. The number of hydrogen-bond acceptors (Lipinski definition) is 6. The molecule has 0 aliphatic heterocycles. The van der Waals surface area contributed by atoms with E-state index in [9.17, 15) is 17.6 Å². The van der Waals surface area contributed by atoms with Gasteiger partial charge in [0, 0.05) is 23.9 Å². The van der Waals surface area contributed by atoms with Gasteiger partial charge in [0.05, 0.1) is 11.0 Å². The number of para-hydroxylation sites is 2. The Balaban J connectivity index is 1.44. The number of nitrogens with zero attached hydrogens (tertiary/aromatic N) is 4. The van der Waals surface area contributed by atoms with Crippen LogP contribution in [0.15, 0.2) is 48.5 Å². The average molecular weight is 430 g/mol. The lowest BCUT2D eigenvalue weighted by atomic mass is 10.2. The van der Waals surface area contributed by atoms with Gasteiger partial charge in [-0.2, -0.15) is 0 Å². The van der Waals surface area contributed by atoms with Crippen LogP contribution in [0.3, 0.4) is 0 Å². The zero-order valence-electron chi connectivity index (χ0n) is 16.2. The molecule has 4 aromatic rings. The minimum atomic E-state index is -2.78. The predicted molar refractivity (Wildman–Crippen MR) is 111 cm³/mol. The molecule has 2 aromatic carbocycles. The number of fused-ring (bicyclic) bond motifs is 2. The highest BCUT2D eigenvalue weighted by Crippen LogP contribution is 2.25. The maximum atomic E-state index is 13.1. The van der Waals surface area contributed by atoms with Crippen molar-refractivity contribution in [3.8, 4) is 0 Å². The van der Waals surface area contributed by atoms with Gasteiger partial charge in [0.15, 0.2) is 11.6 Å². The molecule has 0 saturated carbocycles. The van der Waals surface area contributed by atoms with Gasteiger partial charge in [0.1, 0.15) is 11.6 Å². The molecule has 0 radical (unpaired) electrons. The number of alkyl halides is 4. The Hall–Kier alpha value is -3.56. The fraction of sp³-hybridized carbons (Fsp3) is 0.238. The SMILES string of the molecule is FC(F)c1nc(NCCCNc2nc(C(F)F)nc3ccccc23)c2ccccc2n1. The van der Waals surface area contributed by atoms with Crippen LogP contribution >= 0.6 is 0 Å². The zero-order valence-corrected chi connectivity index (χ0v) is 16.2. The number of benzene rings is 2. The molecule has 2 heterocycles. The lowest BCUT2D eigenvalue weighted by Gasteiger charge is -2.12. The summed E-state index contributed by atoms with van der Waals surface area (Å²) in [5.41, 5.74) is 0.862. The highest BCUT2D eigenvalue weighted by molar-refractivity contribution is 5.89. The molecule has 31 heavy (non-hydrogen) atoms. The van der Waals surface area contributed by atoms with Crippen LogP contribution in [-0.4, -0.2) is 33.0 Å². The number of nitrogens with one attached hydrogen (secondary N) is 2. The normalized spacial score (nSPS) is 11.5. The molecule has 0 saturated heterocycles. The molecule has 0 spiro atoms. The van der Waals surface area contributed by atoms with E-state index < -0.39 is 24.5 Å². The molecule has 0 amide bonds. The van der Waals surface area contributed by atoms with Crippen LogP contribution in [-0.2, 0) is 0 Å². The van der Waals surface area contributed by atoms with Crippen molar-refractivity contribution in [2.75, 3.05) is 23.7 Å². The Bertz CT molecular complexity index is 1110. The molecule has 10 heteroatoms. The maximum absolute atomic E-state index is 13.1. The summed E-state index contributed by atoms with van der Waals surface area (Å²) in [6.07, 6.45) is -4.99. The first-order chi connectivity index (χ1) is 15.0. The van der Waals surface area contributed by atoms with Crippen LogP contribution in [0.2, 0.25) is 0 Å². The van der Waals surface area contributed by atoms with Crippen LogP contribution < -0.4 is 10.6 Å². The number of halogens is 4. The van der Waals surface area contributed by atoms with E-state index >= 15 is 0 Å². The summed E-state index contributed by atoms with van der Waals surface area (Å²) in [5.74, 6) is -0.417. The fourth-order valence-corrected chi connectivity index (χ4v) is 3.16. The summed E-state index contributed by atoms with van der Waals surface area (Å²) in [6.45, 7) is 0.836. The predicted octanol–water partition coefficient (Wildman–Crippen LogP) is 5.36. The summed E-state index contributed by atoms with van der Waals surface area (Å²) >= 11 is 0. The standard InChI is InChI=1S/C21H18F4N6/c22-16(23)20-28-14-8-3-1-6-12(14)18(30-20)26-10-5-11-27-19-13-7-2-4-9-15(13)29-21(31-19)17(24)25/h1-4,6-9,16-17H,5,10-11H2,(H,26,28,30)(H,27,29,31). The van der Waals surface area contributed by atoms with E-state index in [0.717, 1.165) is 0 Å². The highest BCUT2D eigenvalue weighted by atomic mass is 19.3. The van der Waals surface area contributed by atoms with Crippen LogP contribution in [0.25, 0.3) is 21.8 Å².